The van der Waals surface area contributed by atoms with Crippen LogP contribution in [0.4, 0.5) is 5.69 Å². The van der Waals surface area contributed by atoms with Crippen LogP contribution in [0.5, 0.6) is 5.75 Å². The van der Waals surface area contributed by atoms with Gasteiger partial charge in [-0.3, -0.25) is 9.69 Å². The molecular weight excluding hydrogens is 434 g/mol. The number of anilines is 1. The minimum atomic E-state index is -0.125. The Balaban J connectivity index is 1.60. The summed E-state index contributed by atoms with van der Waals surface area (Å²) in [6, 6.07) is 22.9. The Kier molecular flexibility index (Phi) is 6.23. The molecule has 1 amide bonds. The van der Waals surface area contributed by atoms with Crippen molar-refractivity contribution in [1.29, 1.82) is 0 Å². The zero-order chi connectivity index (χ0) is 21.1. The van der Waals surface area contributed by atoms with Crippen LogP contribution in [0.1, 0.15) is 16.7 Å². The number of hydrogen-bond donors (Lipinski definition) is 0. The van der Waals surface area contributed by atoms with Crippen LogP contribution in [0, 0.1) is 6.92 Å². The van der Waals surface area contributed by atoms with E-state index in [0.717, 1.165) is 22.4 Å². The second-order valence-electron chi connectivity index (χ2n) is 6.72. The van der Waals surface area contributed by atoms with Crippen LogP contribution >= 0.6 is 35.6 Å². The normalized spacial score (nSPS) is 15.1. The standard InChI is InChI=1S/C24H18ClNO2S2/c1-16-8-2-6-12-20(16)26-23(27)22(30-24(26)29)14-17-9-4-7-13-21(17)28-15-18-10-3-5-11-19(18)25/h2-14H,15H2,1H3/b22-14-. The molecule has 0 aromatic heterocycles. The number of carbonyl (C=O) groups excluding carboxylic acids is 1. The van der Waals surface area contributed by atoms with E-state index in [9.17, 15) is 4.79 Å². The third-order valence-corrected chi connectivity index (χ3v) is 6.37. The van der Waals surface area contributed by atoms with Crippen molar-refractivity contribution in [1.82, 2.24) is 0 Å². The van der Waals surface area contributed by atoms with Crippen molar-refractivity contribution < 1.29 is 9.53 Å². The molecule has 3 aromatic carbocycles. The highest BCUT2D eigenvalue weighted by molar-refractivity contribution is 8.27. The molecule has 0 radical (unpaired) electrons. The van der Waals surface area contributed by atoms with Crippen LogP contribution in [0.25, 0.3) is 6.08 Å². The first-order valence-corrected chi connectivity index (χ1v) is 10.9. The summed E-state index contributed by atoms with van der Waals surface area (Å²) in [5.41, 5.74) is 3.53. The summed E-state index contributed by atoms with van der Waals surface area (Å²) >= 11 is 13.0. The zero-order valence-corrected chi connectivity index (χ0v) is 18.6. The number of rotatable bonds is 5. The molecule has 0 aliphatic carbocycles. The summed E-state index contributed by atoms with van der Waals surface area (Å²) in [5.74, 6) is 0.554. The van der Waals surface area contributed by atoms with E-state index >= 15 is 0 Å². The SMILES string of the molecule is Cc1ccccc1N1C(=O)/C(=C/c2ccccc2OCc2ccccc2Cl)SC1=S. The lowest BCUT2D eigenvalue weighted by molar-refractivity contribution is -0.113. The Labute approximate surface area is 190 Å². The van der Waals surface area contributed by atoms with Crippen molar-refractivity contribution in [2.75, 3.05) is 4.90 Å². The molecular formula is C24H18ClNO2S2. The topological polar surface area (TPSA) is 29.5 Å². The molecule has 30 heavy (non-hydrogen) atoms. The van der Waals surface area contributed by atoms with Gasteiger partial charge in [-0.05, 0) is 36.8 Å². The van der Waals surface area contributed by atoms with E-state index in [0.29, 0.717) is 26.6 Å². The van der Waals surface area contributed by atoms with Crippen molar-refractivity contribution >= 4 is 57.6 Å². The number of ether oxygens (including phenoxy) is 1. The molecule has 0 spiro atoms. The second kappa shape index (κ2) is 9.04. The van der Waals surface area contributed by atoms with Gasteiger partial charge < -0.3 is 4.74 Å². The summed E-state index contributed by atoms with van der Waals surface area (Å²) in [6.45, 7) is 2.31. The minimum Gasteiger partial charge on any atom is -0.488 e. The monoisotopic (exact) mass is 451 g/mol. The molecule has 0 N–H and O–H groups in total. The molecule has 1 aliphatic heterocycles. The number of nitrogens with zero attached hydrogens (tertiary/aromatic N) is 1. The van der Waals surface area contributed by atoms with Gasteiger partial charge in [-0.1, -0.05) is 90.2 Å². The highest BCUT2D eigenvalue weighted by Crippen LogP contribution is 2.38. The first kappa shape index (κ1) is 20.7. The van der Waals surface area contributed by atoms with Crippen LogP contribution < -0.4 is 9.64 Å². The predicted molar refractivity (Wildman–Crippen MR) is 129 cm³/mol. The van der Waals surface area contributed by atoms with E-state index in [4.69, 9.17) is 28.6 Å². The highest BCUT2D eigenvalue weighted by Gasteiger charge is 2.34. The molecule has 1 fully saturated rings. The van der Waals surface area contributed by atoms with E-state index in [1.54, 1.807) is 4.90 Å². The van der Waals surface area contributed by atoms with Crippen molar-refractivity contribution in [2.24, 2.45) is 0 Å². The maximum absolute atomic E-state index is 13.1. The number of hydrogen-bond acceptors (Lipinski definition) is 4. The van der Waals surface area contributed by atoms with E-state index in [1.807, 2.05) is 85.8 Å². The maximum atomic E-state index is 13.1. The smallest absolute Gasteiger partial charge is 0.270 e. The minimum absolute atomic E-state index is 0.125. The van der Waals surface area contributed by atoms with E-state index in [1.165, 1.54) is 11.8 Å². The third-order valence-electron chi connectivity index (χ3n) is 4.70. The lowest BCUT2D eigenvalue weighted by Crippen LogP contribution is -2.28. The third kappa shape index (κ3) is 4.29. The Hall–Kier alpha value is -2.60. The molecule has 1 saturated heterocycles. The van der Waals surface area contributed by atoms with Crippen molar-refractivity contribution in [3.63, 3.8) is 0 Å². The van der Waals surface area contributed by atoms with Gasteiger partial charge in [0.05, 0.1) is 10.6 Å². The number of thiocarbonyl (C=S) groups is 1. The van der Waals surface area contributed by atoms with Gasteiger partial charge in [0.1, 0.15) is 12.4 Å². The average molecular weight is 452 g/mol. The Bertz CT molecular complexity index is 1160. The van der Waals surface area contributed by atoms with Gasteiger partial charge in [-0.15, -0.1) is 0 Å². The quantitative estimate of drug-likeness (QED) is 0.321. The molecule has 1 heterocycles. The zero-order valence-electron chi connectivity index (χ0n) is 16.2. The number of para-hydroxylation sites is 2. The lowest BCUT2D eigenvalue weighted by atomic mass is 10.1. The summed E-state index contributed by atoms with van der Waals surface area (Å²) in [5, 5.41) is 0.661. The largest absolute Gasteiger partial charge is 0.488 e. The van der Waals surface area contributed by atoms with Crippen LogP contribution in [-0.4, -0.2) is 10.2 Å². The van der Waals surface area contributed by atoms with E-state index in [-0.39, 0.29) is 5.91 Å². The number of thioether (sulfide) groups is 1. The van der Waals surface area contributed by atoms with Crippen LogP contribution in [0.3, 0.4) is 0 Å². The average Bonchev–Trinajstić information content (AvgIpc) is 3.02. The second-order valence-corrected chi connectivity index (χ2v) is 8.80. The molecule has 0 unspecified atom stereocenters. The number of amides is 1. The van der Waals surface area contributed by atoms with Gasteiger partial charge in [-0.25, -0.2) is 0 Å². The number of benzene rings is 3. The van der Waals surface area contributed by atoms with Crippen molar-refractivity contribution in [2.45, 2.75) is 13.5 Å². The van der Waals surface area contributed by atoms with E-state index < -0.39 is 0 Å². The Morgan fingerprint density at radius 2 is 1.73 bits per heavy atom. The molecule has 4 rings (SSSR count). The molecule has 6 heteroatoms. The summed E-state index contributed by atoms with van der Waals surface area (Å²) in [7, 11) is 0. The first-order valence-electron chi connectivity index (χ1n) is 9.33. The molecule has 3 aromatic rings. The first-order chi connectivity index (χ1) is 14.5. The fourth-order valence-electron chi connectivity index (χ4n) is 3.13. The fourth-order valence-corrected chi connectivity index (χ4v) is 4.60. The fraction of sp³-hybridized carbons (Fsp3) is 0.0833. The summed E-state index contributed by atoms with van der Waals surface area (Å²) in [6.07, 6.45) is 1.83. The lowest BCUT2D eigenvalue weighted by Gasteiger charge is -2.16. The van der Waals surface area contributed by atoms with Crippen molar-refractivity contribution in [3.05, 3.63) is 99.4 Å². The molecule has 150 valence electrons. The van der Waals surface area contributed by atoms with Gasteiger partial charge in [0, 0.05) is 16.1 Å². The van der Waals surface area contributed by atoms with Crippen LogP contribution in [0.15, 0.2) is 77.7 Å². The van der Waals surface area contributed by atoms with Gasteiger partial charge in [0.2, 0.25) is 0 Å². The summed E-state index contributed by atoms with van der Waals surface area (Å²) in [4.78, 5) is 15.3. The molecule has 0 saturated carbocycles. The summed E-state index contributed by atoms with van der Waals surface area (Å²) < 4.78 is 6.53. The molecule has 0 atom stereocenters. The van der Waals surface area contributed by atoms with Crippen LogP contribution in [0.2, 0.25) is 5.02 Å². The predicted octanol–water partition coefficient (Wildman–Crippen LogP) is 6.63. The molecule has 3 nitrogen and oxygen atoms in total. The Morgan fingerprint density at radius 3 is 2.53 bits per heavy atom. The number of aryl methyl sites for hydroxylation is 1. The van der Waals surface area contributed by atoms with Gasteiger partial charge >= 0.3 is 0 Å². The maximum Gasteiger partial charge on any atom is 0.270 e. The molecule has 1 aliphatic rings. The van der Waals surface area contributed by atoms with Gasteiger partial charge in [-0.2, -0.15) is 0 Å². The van der Waals surface area contributed by atoms with Crippen molar-refractivity contribution in [3.8, 4) is 5.75 Å². The van der Waals surface area contributed by atoms with Gasteiger partial charge in [0.25, 0.3) is 5.91 Å². The Morgan fingerprint density at radius 1 is 1.03 bits per heavy atom. The van der Waals surface area contributed by atoms with Gasteiger partial charge in [0.15, 0.2) is 4.32 Å². The number of halogens is 1. The van der Waals surface area contributed by atoms with E-state index in [2.05, 4.69) is 0 Å². The highest BCUT2D eigenvalue weighted by atomic mass is 35.5. The number of carbonyl (C=O) groups is 1. The molecule has 0 bridgehead atoms. The van der Waals surface area contributed by atoms with Crippen LogP contribution in [-0.2, 0) is 11.4 Å².